The van der Waals surface area contributed by atoms with Gasteiger partial charge in [-0.15, -0.1) is 0 Å². The third-order valence-corrected chi connectivity index (χ3v) is 3.81. The van der Waals surface area contributed by atoms with Crippen LogP contribution in [0.15, 0.2) is 64.4 Å². The second kappa shape index (κ2) is 4.68. The Morgan fingerprint density at radius 2 is 1.71 bits per heavy atom. The Bertz CT molecular complexity index is 546. The fourth-order valence-corrected chi connectivity index (χ4v) is 2.90. The Morgan fingerprint density at radius 1 is 0.941 bits per heavy atom. The number of para-hydroxylation sites is 1. The van der Waals surface area contributed by atoms with Gasteiger partial charge in [0.1, 0.15) is 0 Å². The van der Waals surface area contributed by atoms with Gasteiger partial charge < -0.3 is 5.32 Å². The number of hydrogen-bond acceptors (Lipinski definition) is 2. The predicted molar refractivity (Wildman–Crippen MR) is 75.2 cm³/mol. The topological polar surface area (TPSA) is 12.0 Å². The highest BCUT2D eigenvalue weighted by molar-refractivity contribution is 8.03. The van der Waals surface area contributed by atoms with Crippen LogP contribution in [-0.2, 0) is 0 Å². The van der Waals surface area contributed by atoms with Gasteiger partial charge >= 0.3 is 0 Å². The van der Waals surface area contributed by atoms with Crippen molar-refractivity contribution >= 4 is 23.5 Å². The zero-order valence-corrected chi connectivity index (χ0v) is 10.2. The van der Waals surface area contributed by atoms with E-state index in [4.69, 9.17) is 0 Å². The van der Waals surface area contributed by atoms with Crippen molar-refractivity contribution in [3.8, 4) is 0 Å². The summed E-state index contributed by atoms with van der Waals surface area (Å²) < 4.78 is 0. The van der Waals surface area contributed by atoms with E-state index in [0.717, 1.165) is 6.54 Å². The van der Waals surface area contributed by atoms with E-state index in [1.165, 1.54) is 21.1 Å². The van der Waals surface area contributed by atoms with Crippen LogP contribution < -0.4 is 5.32 Å². The van der Waals surface area contributed by atoms with Gasteiger partial charge in [-0.25, -0.2) is 0 Å². The molecule has 0 aliphatic carbocycles. The highest BCUT2D eigenvalue weighted by Crippen LogP contribution is 2.37. The summed E-state index contributed by atoms with van der Waals surface area (Å²) in [5.74, 6) is 0. The van der Waals surface area contributed by atoms with E-state index in [1.807, 2.05) is 17.8 Å². The van der Waals surface area contributed by atoms with E-state index in [1.54, 1.807) is 0 Å². The number of anilines is 1. The minimum atomic E-state index is 0.913. The number of rotatable bonds is 1. The van der Waals surface area contributed by atoms with Crippen LogP contribution in [0, 0.1) is 0 Å². The maximum atomic E-state index is 3.44. The minimum Gasteiger partial charge on any atom is -0.380 e. The van der Waals surface area contributed by atoms with E-state index >= 15 is 0 Å². The first-order valence-corrected chi connectivity index (χ1v) is 6.50. The monoisotopic (exact) mass is 239 g/mol. The molecule has 0 saturated heterocycles. The summed E-state index contributed by atoms with van der Waals surface area (Å²) in [6.45, 7) is 0.913. The van der Waals surface area contributed by atoms with Crippen molar-refractivity contribution in [1.82, 2.24) is 0 Å². The van der Waals surface area contributed by atoms with Gasteiger partial charge in [-0.05, 0) is 23.8 Å². The molecular weight excluding hydrogens is 226 g/mol. The smallest absolute Gasteiger partial charge is 0.0484 e. The number of fused-ring (bicyclic) bond motifs is 1. The molecule has 0 aromatic heterocycles. The zero-order valence-electron chi connectivity index (χ0n) is 9.39. The van der Waals surface area contributed by atoms with E-state index in [-0.39, 0.29) is 0 Å². The van der Waals surface area contributed by atoms with Gasteiger partial charge in [0.15, 0.2) is 0 Å². The Hall–Kier alpha value is -1.67. The first kappa shape index (κ1) is 10.5. The van der Waals surface area contributed by atoms with Crippen molar-refractivity contribution in [2.45, 2.75) is 4.90 Å². The van der Waals surface area contributed by atoms with Crippen molar-refractivity contribution in [3.05, 3.63) is 65.1 Å². The van der Waals surface area contributed by atoms with Crippen molar-refractivity contribution in [1.29, 1.82) is 0 Å². The van der Waals surface area contributed by atoms with Gasteiger partial charge in [-0.1, -0.05) is 54.2 Å². The fourth-order valence-electron chi connectivity index (χ4n) is 1.88. The molecule has 84 valence electrons. The molecule has 0 spiro atoms. The molecule has 0 unspecified atom stereocenters. The maximum absolute atomic E-state index is 3.44. The summed E-state index contributed by atoms with van der Waals surface area (Å²) in [6, 6.07) is 18.9. The van der Waals surface area contributed by atoms with Gasteiger partial charge in [-0.2, -0.15) is 0 Å². The van der Waals surface area contributed by atoms with Gasteiger partial charge in [-0.3, -0.25) is 0 Å². The fraction of sp³-hybridized carbons (Fsp3) is 0.0667. The van der Waals surface area contributed by atoms with Crippen LogP contribution in [0.3, 0.4) is 0 Å². The molecule has 1 heterocycles. The molecule has 1 aliphatic heterocycles. The maximum Gasteiger partial charge on any atom is 0.0484 e. The van der Waals surface area contributed by atoms with Crippen LogP contribution in [0.4, 0.5) is 5.69 Å². The van der Waals surface area contributed by atoms with Crippen LogP contribution >= 0.6 is 11.8 Å². The van der Waals surface area contributed by atoms with Crippen molar-refractivity contribution in [2.24, 2.45) is 0 Å². The summed E-state index contributed by atoms with van der Waals surface area (Å²) >= 11 is 1.85. The molecule has 1 aliphatic rings. The molecule has 0 saturated carbocycles. The van der Waals surface area contributed by atoms with Crippen molar-refractivity contribution in [3.63, 3.8) is 0 Å². The highest BCUT2D eigenvalue weighted by Gasteiger charge is 2.11. The summed E-state index contributed by atoms with van der Waals surface area (Å²) in [5, 5.41) is 3.44. The zero-order chi connectivity index (χ0) is 11.5. The predicted octanol–water partition coefficient (Wildman–Crippen LogP) is 4.25. The first-order chi connectivity index (χ1) is 8.42. The molecule has 0 atom stereocenters. The van der Waals surface area contributed by atoms with Gasteiger partial charge in [0.25, 0.3) is 0 Å². The lowest BCUT2D eigenvalue weighted by atomic mass is 10.2. The third-order valence-electron chi connectivity index (χ3n) is 2.71. The third kappa shape index (κ3) is 2.37. The van der Waals surface area contributed by atoms with Crippen LogP contribution in [0.1, 0.15) is 5.56 Å². The molecule has 2 aromatic rings. The highest BCUT2D eigenvalue weighted by atomic mass is 32.2. The quantitative estimate of drug-likeness (QED) is 0.798. The van der Waals surface area contributed by atoms with E-state index in [0.29, 0.717) is 0 Å². The van der Waals surface area contributed by atoms with E-state index in [9.17, 15) is 0 Å². The van der Waals surface area contributed by atoms with Crippen LogP contribution in [-0.4, -0.2) is 6.54 Å². The number of thioether (sulfide) groups is 1. The molecule has 0 amide bonds. The number of nitrogens with one attached hydrogen (secondary N) is 1. The number of hydrogen-bond donors (Lipinski definition) is 1. The lowest BCUT2D eigenvalue weighted by Crippen LogP contribution is -2.08. The van der Waals surface area contributed by atoms with Crippen LogP contribution in [0.5, 0.6) is 0 Å². The summed E-state index contributed by atoms with van der Waals surface area (Å²) in [6.07, 6.45) is 2.24. The van der Waals surface area contributed by atoms with Crippen molar-refractivity contribution < 1.29 is 0 Å². The molecule has 0 radical (unpaired) electrons. The van der Waals surface area contributed by atoms with E-state index < -0.39 is 0 Å². The molecule has 0 bridgehead atoms. The molecule has 2 heteroatoms. The Balaban J connectivity index is 1.87. The lowest BCUT2D eigenvalue weighted by molar-refractivity contribution is 1.24. The van der Waals surface area contributed by atoms with Gasteiger partial charge in [0, 0.05) is 22.0 Å². The standard InChI is InChI=1S/C15H13NS/c1-2-6-12(7-3-1)10-13-11-16-14-8-4-5-9-15(14)17-13/h1-10,16H,11H2/b13-10+. The minimum absolute atomic E-state index is 0.913. The van der Waals surface area contributed by atoms with E-state index in [2.05, 4.69) is 59.9 Å². The Morgan fingerprint density at radius 3 is 2.59 bits per heavy atom. The molecular formula is C15H13NS. The molecule has 0 fully saturated rings. The molecule has 2 aromatic carbocycles. The largest absolute Gasteiger partial charge is 0.380 e. The van der Waals surface area contributed by atoms with Gasteiger partial charge in [0.05, 0.1) is 0 Å². The second-order valence-corrected chi connectivity index (χ2v) is 5.14. The summed E-state index contributed by atoms with van der Waals surface area (Å²) in [5.41, 5.74) is 2.50. The lowest BCUT2D eigenvalue weighted by Gasteiger charge is -2.19. The Kier molecular flexibility index (Phi) is 2.88. The molecule has 1 nitrogen and oxygen atoms in total. The van der Waals surface area contributed by atoms with Crippen LogP contribution in [0.2, 0.25) is 0 Å². The SMILES string of the molecule is C(=C1/CNc2ccccc2S1)/c1ccccc1. The molecule has 1 N–H and O–H groups in total. The Labute approximate surface area is 106 Å². The van der Waals surface area contributed by atoms with Crippen molar-refractivity contribution in [2.75, 3.05) is 11.9 Å². The molecule has 17 heavy (non-hydrogen) atoms. The second-order valence-electron chi connectivity index (χ2n) is 3.97. The normalized spacial score (nSPS) is 16.4. The molecule has 3 rings (SSSR count). The first-order valence-electron chi connectivity index (χ1n) is 5.68. The van der Waals surface area contributed by atoms with Crippen LogP contribution in [0.25, 0.3) is 6.08 Å². The average Bonchev–Trinajstić information content (AvgIpc) is 2.40. The average molecular weight is 239 g/mol. The van der Waals surface area contributed by atoms with Gasteiger partial charge in [0.2, 0.25) is 0 Å². The summed E-state index contributed by atoms with van der Waals surface area (Å²) in [4.78, 5) is 2.66. The summed E-state index contributed by atoms with van der Waals surface area (Å²) in [7, 11) is 0. The number of benzene rings is 2.